The van der Waals surface area contributed by atoms with Crippen LogP contribution in [-0.4, -0.2) is 40.2 Å². The number of carbonyl (C=O) groups is 1. The molecule has 0 aliphatic carbocycles. The minimum Gasteiger partial charge on any atom is -0.495 e. The molecule has 1 saturated heterocycles. The Morgan fingerprint density at radius 2 is 1.95 bits per heavy atom. The van der Waals surface area contributed by atoms with Crippen molar-refractivity contribution in [3.63, 3.8) is 0 Å². The van der Waals surface area contributed by atoms with E-state index in [0.717, 1.165) is 35.8 Å². The van der Waals surface area contributed by atoms with E-state index in [9.17, 15) is 4.79 Å². The van der Waals surface area contributed by atoms with E-state index >= 15 is 0 Å². The van der Waals surface area contributed by atoms with E-state index < -0.39 is 5.91 Å². The molecule has 2 N–H and O–H groups in total. The summed E-state index contributed by atoms with van der Waals surface area (Å²) in [6.45, 7) is 3.78. The van der Waals surface area contributed by atoms with Gasteiger partial charge in [-0.2, -0.15) is 0 Å². The summed E-state index contributed by atoms with van der Waals surface area (Å²) in [6.07, 6.45) is 4.23. The third-order valence-corrected chi connectivity index (χ3v) is 4.00. The lowest BCUT2D eigenvalue weighted by molar-refractivity contribution is -0.114. The molecule has 22 heavy (non-hydrogen) atoms. The molecule has 1 aliphatic heterocycles. The van der Waals surface area contributed by atoms with Crippen LogP contribution in [0.4, 0.5) is 11.4 Å². The minimum atomic E-state index is -0.394. The molecular weight excluding hydrogens is 278 g/mol. The Morgan fingerprint density at radius 3 is 2.45 bits per heavy atom. The summed E-state index contributed by atoms with van der Waals surface area (Å²) in [5.41, 5.74) is 9.09. The van der Waals surface area contributed by atoms with Crippen LogP contribution in [0.15, 0.2) is 17.7 Å². The van der Waals surface area contributed by atoms with E-state index in [1.54, 1.807) is 14.0 Å². The van der Waals surface area contributed by atoms with E-state index in [-0.39, 0.29) is 0 Å². The molecule has 1 fully saturated rings. The van der Waals surface area contributed by atoms with Gasteiger partial charge in [0.1, 0.15) is 11.4 Å². The number of ether oxygens (including phenoxy) is 1. The largest absolute Gasteiger partial charge is 0.495 e. The van der Waals surface area contributed by atoms with Gasteiger partial charge in [-0.25, -0.2) is 0 Å². The van der Waals surface area contributed by atoms with Gasteiger partial charge in [-0.1, -0.05) is 0 Å². The van der Waals surface area contributed by atoms with Crippen LogP contribution in [0.2, 0.25) is 0 Å². The first kappa shape index (κ1) is 16.2. The number of benzene rings is 1. The number of anilines is 2. The predicted molar refractivity (Wildman–Crippen MR) is 91.6 cm³/mol. The molecule has 1 aromatic rings. The fourth-order valence-corrected chi connectivity index (χ4v) is 2.87. The quantitative estimate of drug-likeness (QED) is 0.848. The summed E-state index contributed by atoms with van der Waals surface area (Å²) in [4.78, 5) is 15.8. The summed E-state index contributed by atoms with van der Waals surface area (Å²) >= 11 is 0. The Balaban J connectivity index is 2.64. The second-order valence-electron chi connectivity index (χ2n) is 5.83. The number of hydrogen-bond acceptors (Lipinski definition) is 4. The van der Waals surface area contributed by atoms with Gasteiger partial charge < -0.3 is 20.3 Å². The summed E-state index contributed by atoms with van der Waals surface area (Å²) in [6, 6.07) is 3.93. The maximum absolute atomic E-state index is 11.4. The molecule has 0 aromatic heterocycles. The zero-order valence-corrected chi connectivity index (χ0v) is 13.8. The standard InChI is InChI=1S/C17H25N3O2/c1-12(17(18)21)11-13-7-8-14(22-4)16(19(2)3)15(13)20-9-5-6-10-20/h7-8,11H,5-6,9-10H2,1-4H3,(H2,18,21). The van der Waals surface area contributed by atoms with Gasteiger partial charge in [-0.05, 0) is 38.0 Å². The highest BCUT2D eigenvalue weighted by molar-refractivity contribution is 5.98. The summed E-state index contributed by atoms with van der Waals surface area (Å²) in [7, 11) is 5.69. The van der Waals surface area contributed by atoms with E-state index in [1.807, 2.05) is 32.3 Å². The van der Waals surface area contributed by atoms with E-state index in [2.05, 4.69) is 9.80 Å². The second kappa shape index (κ2) is 6.73. The van der Waals surface area contributed by atoms with Gasteiger partial charge in [0.15, 0.2) is 0 Å². The zero-order chi connectivity index (χ0) is 16.3. The van der Waals surface area contributed by atoms with Gasteiger partial charge in [0, 0.05) is 38.3 Å². The van der Waals surface area contributed by atoms with Gasteiger partial charge in [-0.15, -0.1) is 0 Å². The fourth-order valence-electron chi connectivity index (χ4n) is 2.87. The maximum atomic E-state index is 11.4. The van der Waals surface area contributed by atoms with Crippen LogP contribution in [0.25, 0.3) is 6.08 Å². The molecule has 5 nitrogen and oxygen atoms in total. The van der Waals surface area contributed by atoms with Crippen molar-refractivity contribution >= 4 is 23.4 Å². The van der Waals surface area contributed by atoms with Crippen molar-refractivity contribution in [3.05, 3.63) is 23.3 Å². The number of primary amides is 1. The second-order valence-corrected chi connectivity index (χ2v) is 5.83. The van der Waals surface area contributed by atoms with Crippen molar-refractivity contribution < 1.29 is 9.53 Å². The molecule has 0 bridgehead atoms. The molecule has 120 valence electrons. The van der Waals surface area contributed by atoms with Gasteiger partial charge in [0.2, 0.25) is 5.91 Å². The molecule has 1 aromatic carbocycles. The molecule has 0 spiro atoms. The highest BCUT2D eigenvalue weighted by atomic mass is 16.5. The molecule has 1 aliphatic rings. The van der Waals surface area contributed by atoms with Gasteiger partial charge in [0.25, 0.3) is 0 Å². The normalized spacial score (nSPS) is 15.1. The number of nitrogens with two attached hydrogens (primary N) is 1. The van der Waals surface area contributed by atoms with Crippen molar-refractivity contribution in [1.29, 1.82) is 0 Å². The molecule has 5 heteroatoms. The first-order chi connectivity index (χ1) is 10.5. The average Bonchev–Trinajstić information content (AvgIpc) is 3.00. The van der Waals surface area contributed by atoms with Crippen molar-refractivity contribution in [1.82, 2.24) is 0 Å². The SMILES string of the molecule is COc1ccc(C=C(C)C(N)=O)c(N2CCCC2)c1N(C)C. The number of methoxy groups -OCH3 is 1. The average molecular weight is 303 g/mol. The lowest BCUT2D eigenvalue weighted by atomic mass is 10.1. The molecule has 0 radical (unpaired) electrons. The van der Waals surface area contributed by atoms with E-state index in [1.165, 1.54) is 12.8 Å². The number of amides is 1. The van der Waals surface area contributed by atoms with Crippen LogP contribution in [0.1, 0.15) is 25.3 Å². The molecule has 0 unspecified atom stereocenters. The molecule has 0 saturated carbocycles. The fraction of sp³-hybridized carbons (Fsp3) is 0.471. The van der Waals surface area contributed by atoms with Crippen LogP contribution in [0, 0.1) is 0 Å². The lowest BCUT2D eigenvalue weighted by Gasteiger charge is -2.29. The number of nitrogens with zero attached hydrogens (tertiary/aromatic N) is 2. The first-order valence-corrected chi connectivity index (χ1v) is 7.57. The number of hydrogen-bond donors (Lipinski definition) is 1. The summed E-state index contributed by atoms with van der Waals surface area (Å²) in [5.74, 6) is 0.440. The Morgan fingerprint density at radius 1 is 1.32 bits per heavy atom. The van der Waals surface area contributed by atoms with E-state index in [4.69, 9.17) is 10.5 Å². The number of rotatable bonds is 5. The van der Waals surface area contributed by atoms with Crippen LogP contribution in [0.3, 0.4) is 0 Å². The highest BCUT2D eigenvalue weighted by Gasteiger charge is 2.23. The zero-order valence-electron chi connectivity index (χ0n) is 13.8. The van der Waals surface area contributed by atoms with Gasteiger partial charge >= 0.3 is 0 Å². The van der Waals surface area contributed by atoms with Crippen molar-refractivity contribution in [2.24, 2.45) is 5.73 Å². The van der Waals surface area contributed by atoms with Crippen molar-refractivity contribution in [2.75, 3.05) is 44.1 Å². The maximum Gasteiger partial charge on any atom is 0.244 e. The third-order valence-electron chi connectivity index (χ3n) is 4.00. The Labute approximate surface area is 132 Å². The van der Waals surface area contributed by atoms with Gasteiger partial charge in [-0.3, -0.25) is 4.79 Å². The Kier molecular flexibility index (Phi) is 4.96. The van der Waals surface area contributed by atoms with Crippen molar-refractivity contribution in [3.8, 4) is 5.75 Å². The van der Waals surface area contributed by atoms with Crippen LogP contribution in [-0.2, 0) is 4.79 Å². The highest BCUT2D eigenvalue weighted by Crippen LogP contribution is 2.42. The topological polar surface area (TPSA) is 58.8 Å². The summed E-state index contributed by atoms with van der Waals surface area (Å²) < 4.78 is 5.53. The lowest BCUT2D eigenvalue weighted by Crippen LogP contribution is -2.23. The first-order valence-electron chi connectivity index (χ1n) is 7.57. The van der Waals surface area contributed by atoms with Crippen molar-refractivity contribution in [2.45, 2.75) is 19.8 Å². The molecule has 1 heterocycles. The molecule has 2 rings (SSSR count). The monoisotopic (exact) mass is 303 g/mol. The molecule has 1 amide bonds. The van der Waals surface area contributed by atoms with Crippen LogP contribution >= 0.6 is 0 Å². The number of carbonyl (C=O) groups excluding carboxylic acids is 1. The smallest absolute Gasteiger partial charge is 0.244 e. The van der Waals surface area contributed by atoms with E-state index in [0.29, 0.717) is 5.57 Å². The predicted octanol–water partition coefficient (Wildman–Crippen LogP) is 2.25. The Hall–Kier alpha value is -2.17. The van der Waals surface area contributed by atoms with Gasteiger partial charge in [0.05, 0.1) is 12.8 Å². The third kappa shape index (κ3) is 3.18. The summed E-state index contributed by atoms with van der Waals surface area (Å²) in [5, 5.41) is 0. The van der Waals surface area contributed by atoms with Crippen LogP contribution < -0.4 is 20.3 Å². The Bertz CT molecular complexity index is 588. The molecule has 0 atom stereocenters. The van der Waals surface area contributed by atoms with Crippen LogP contribution in [0.5, 0.6) is 5.75 Å². The minimum absolute atomic E-state index is 0.394. The molecular formula is C17H25N3O2.